The molecule has 1 saturated heterocycles. The topological polar surface area (TPSA) is 124 Å². The van der Waals surface area contributed by atoms with Crippen LogP contribution in [0.5, 0.6) is 0 Å². The molecular weight excluding hydrogens is 296 g/mol. The summed E-state index contributed by atoms with van der Waals surface area (Å²) in [6.45, 7) is -0.0311. The van der Waals surface area contributed by atoms with Gasteiger partial charge in [-0.05, 0) is 5.53 Å². The van der Waals surface area contributed by atoms with Crippen LogP contribution in [0.25, 0.3) is 10.4 Å². The SMILES string of the molecule is COCC1OC(OC)C(NC(=O)CN=[N+]=[N-])C(OC)[C@@H]1OC. The number of nitrogens with one attached hydrogen (secondary N) is 1. The number of ether oxygens (including phenoxy) is 5. The summed E-state index contributed by atoms with van der Waals surface area (Å²) in [7, 11) is 6.04. The van der Waals surface area contributed by atoms with Crippen LogP contribution >= 0.6 is 0 Å². The highest BCUT2D eigenvalue weighted by Crippen LogP contribution is 2.26. The van der Waals surface area contributed by atoms with Crippen LogP contribution in [-0.4, -0.2) is 78.1 Å². The van der Waals surface area contributed by atoms with Crippen molar-refractivity contribution < 1.29 is 28.5 Å². The van der Waals surface area contributed by atoms with Gasteiger partial charge in [-0.2, -0.15) is 0 Å². The molecule has 1 aliphatic rings. The van der Waals surface area contributed by atoms with Gasteiger partial charge >= 0.3 is 0 Å². The van der Waals surface area contributed by atoms with E-state index in [0.717, 1.165) is 0 Å². The van der Waals surface area contributed by atoms with Gasteiger partial charge in [0, 0.05) is 33.4 Å². The molecule has 0 bridgehead atoms. The fraction of sp³-hybridized carbons (Fsp3) is 0.917. The van der Waals surface area contributed by atoms with Crippen molar-refractivity contribution in [3.05, 3.63) is 10.4 Å². The quantitative estimate of drug-likeness (QED) is 0.376. The summed E-state index contributed by atoms with van der Waals surface area (Å²) in [5.41, 5.74) is 8.26. The molecule has 1 N–H and O–H groups in total. The van der Waals surface area contributed by atoms with Crippen LogP contribution in [0.3, 0.4) is 0 Å². The summed E-state index contributed by atoms with van der Waals surface area (Å²) in [6.07, 6.45) is -2.12. The van der Waals surface area contributed by atoms with E-state index < -0.39 is 36.6 Å². The predicted molar refractivity (Wildman–Crippen MR) is 75.1 cm³/mol. The van der Waals surface area contributed by atoms with E-state index in [9.17, 15) is 4.79 Å². The van der Waals surface area contributed by atoms with Crippen molar-refractivity contribution in [2.24, 2.45) is 5.11 Å². The first-order valence-electron chi connectivity index (χ1n) is 6.65. The molecule has 0 aromatic heterocycles. The van der Waals surface area contributed by atoms with Gasteiger partial charge in [-0.1, -0.05) is 5.11 Å². The molecule has 1 rings (SSSR count). The molecule has 10 heteroatoms. The van der Waals surface area contributed by atoms with Crippen LogP contribution in [0, 0.1) is 0 Å². The third-order valence-corrected chi connectivity index (χ3v) is 3.36. The van der Waals surface area contributed by atoms with Crippen molar-refractivity contribution >= 4 is 5.91 Å². The maximum atomic E-state index is 11.8. The summed E-state index contributed by atoms with van der Waals surface area (Å²) in [6, 6.07) is -0.616. The van der Waals surface area contributed by atoms with E-state index in [1.54, 1.807) is 7.11 Å². The van der Waals surface area contributed by atoms with E-state index in [-0.39, 0.29) is 13.2 Å². The smallest absolute Gasteiger partial charge is 0.226 e. The van der Waals surface area contributed by atoms with E-state index in [0.29, 0.717) is 0 Å². The number of carbonyl (C=O) groups is 1. The maximum Gasteiger partial charge on any atom is 0.226 e. The van der Waals surface area contributed by atoms with Gasteiger partial charge in [-0.15, -0.1) is 0 Å². The Kier molecular flexibility index (Phi) is 8.10. The Hall–Kier alpha value is -1.42. The molecule has 5 atom stereocenters. The number of hydrogen-bond donors (Lipinski definition) is 1. The number of rotatable bonds is 8. The highest BCUT2D eigenvalue weighted by Gasteiger charge is 2.47. The normalized spacial score (nSPS) is 31.4. The van der Waals surface area contributed by atoms with Crippen molar-refractivity contribution in [1.29, 1.82) is 0 Å². The Morgan fingerprint density at radius 3 is 2.41 bits per heavy atom. The molecule has 0 saturated carbocycles. The van der Waals surface area contributed by atoms with Crippen molar-refractivity contribution in [1.82, 2.24) is 5.32 Å². The first kappa shape index (κ1) is 18.6. The van der Waals surface area contributed by atoms with Gasteiger partial charge in [0.05, 0.1) is 6.61 Å². The lowest BCUT2D eigenvalue weighted by molar-refractivity contribution is -0.272. The molecule has 126 valence electrons. The van der Waals surface area contributed by atoms with Gasteiger partial charge in [-0.3, -0.25) is 4.79 Å². The highest BCUT2D eigenvalue weighted by molar-refractivity contribution is 5.78. The van der Waals surface area contributed by atoms with E-state index in [1.807, 2.05) is 0 Å². The van der Waals surface area contributed by atoms with Gasteiger partial charge < -0.3 is 29.0 Å². The van der Waals surface area contributed by atoms with Crippen molar-refractivity contribution in [3.8, 4) is 0 Å². The molecule has 1 amide bonds. The summed E-state index contributed by atoms with van der Waals surface area (Å²) in [4.78, 5) is 14.3. The number of methoxy groups -OCH3 is 4. The summed E-state index contributed by atoms with van der Waals surface area (Å²) < 4.78 is 27.0. The lowest BCUT2D eigenvalue weighted by Crippen LogP contribution is -2.65. The molecule has 1 aliphatic heterocycles. The van der Waals surface area contributed by atoms with E-state index >= 15 is 0 Å². The van der Waals surface area contributed by atoms with Gasteiger partial charge in [0.25, 0.3) is 0 Å². The van der Waals surface area contributed by atoms with Crippen molar-refractivity contribution in [2.45, 2.75) is 30.6 Å². The third kappa shape index (κ3) is 4.54. The van der Waals surface area contributed by atoms with Crippen LogP contribution < -0.4 is 5.32 Å². The number of nitrogens with zero attached hydrogens (tertiary/aromatic N) is 3. The molecule has 0 aromatic rings. The largest absolute Gasteiger partial charge is 0.382 e. The van der Waals surface area contributed by atoms with Gasteiger partial charge in [0.2, 0.25) is 5.91 Å². The molecule has 10 nitrogen and oxygen atoms in total. The highest BCUT2D eigenvalue weighted by atomic mass is 16.7. The number of amides is 1. The average Bonchev–Trinajstić information content (AvgIpc) is 2.53. The van der Waals surface area contributed by atoms with E-state index in [2.05, 4.69) is 15.3 Å². The monoisotopic (exact) mass is 318 g/mol. The molecular formula is C12H22N4O6. The number of hydrogen-bond acceptors (Lipinski definition) is 7. The van der Waals surface area contributed by atoms with Gasteiger partial charge in [0.1, 0.15) is 30.9 Å². The second kappa shape index (κ2) is 9.57. The van der Waals surface area contributed by atoms with Crippen LogP contribution in [0.4, 0.5) is 0 Å². The first-order valence-corrected chi connectivity index (χ1v) is 6.65. The minimum Gasteiger partial charge on any atom is -0.382 e. The molecule has 22 heavy (non-hydrogen) atoms. The summed E-state index contributed by atoms with van der Waals surface area (Å²) >= 11 is 0. The number of carbonyl (C=O) groups excluding carboxylic acids is 1. The zero-order valence-electron chi connectivity index (χ0n) is 13.1. The third-order valence-electron chi connectivity index (χ3n) is 3.36. The van der Waals surface area contributed by atoms with Crippen molar-refractivity contribution in [3.63, 3.8) is 0 Å². The molecule has 0 spiro atoms. The fourth-order valence-electron chi connectivity index (χ4n) is 2.45. The zero-order chi connectivity index (χ0) is 16.5. The lowest BCUT2D eigenvalue weighted by Gasteiger charge is -2.44. The average molecular weight is 318 g/mol. The summed E-state index contributed by atoms with van der Waals surface area (Å²) in [5.74, 6) is -0.462. The van der Waals surface area contributed by atoms with Crippen LogP contribution in [0.2, 0.25) is 0 Å². The Labute approximate surface area is 128 Å². The first-order chi connectivity index (χ1) is 10.6. The maximum absolute atomic E-state index is 11.8. The zero-order valence-corrected chi connectivity index (χ0v) is 13.1. The Morgan fingerprint density at radius 1 is 1.23 bits per heavy atom. The Balaban J connectivity index is 2.90. The van der Waals surface area contributed by atoms with Crippen molar-refractivity contribution in [2.75, 3.05) is 41.6 Å². The molecule has 1 fully saturated rings. The standard InChI is InChI=1S/C12H22N4O6/c1-18-6-7-10(19-2)11(20-3)9(12(21-4)22-7)15-8(17)5-14-16-13/h7,9-12H,5-6H2,1-4H3,(H,15,17)/t7?,9?,10-,11?,12?/m1/s1. The molecule has 0 aliphatic carbocycles. The Bertz CT molecular complexity index is 403. The van der Waals surface area contributed by atoms with E-state index in [1.165, 1.54) is 21.3 Å². The van der Waals surface area contributed by atoms with Crippen LogP contribution in [0.1, 0.15) is 0 Å². The van der Waals surface area contributed by atoms with Gasteiger partial charge in [0.15, 0.2) is 6.29 Å². The molecule has 1 heterocycles. The van der Waals surface area contributed by atoms with E-state index in [4.69, 9.17) is 29.2 Å². The molecule has 0 radical (unpaired) electrons. The van der Waals surface area contributed by atoms with Crippen LogP contribution in [0.15, 0.2) is 5.11 Å². The second-order valence-corrected chi connectivity index (χ2v) is 4.62. The summed E-state index contributed by atoms with van der Waals surface area (Å²) in [5, 5.41) is 5.90. The van der Waals surface area contributed by atoms with Gasteiger partial charge in [-0.25, -0.2) is 0 Å². The fourth-order valence-corrected chi connectivity index (χ4v) is 2.45. The molecule has 4 unspecified atom stereocenters. The Morgan fingerprint density at radius 2 is 1.91 bits per heavy atom. The number of azide groups is 1. The minimum absolute atomic E-state index is 0.289. The van der Waals surface area contributed by atoms with Crippen LogP contribution in [-0.2, 0) is 28.5 Å². The lowest BCUT2D eigenvalue weighted by atomic mass is 9.96. The predicted octanol–water partition coefficient (Wildman–Crippen LogP) is -0.171. The molecule has 0 aromatic carbocycles. The minimum atomic E-state index is -0.744. The second-order valence-electron chi connectivity index (χ2n) is 4.62.